The highest BCUT2D eigenvalue weighted by molar-refractivity contribution is 6.46. The van der Waals surface area contributed by atoms with Crippen molar-refractivity contribution in [2.75, 3.05) is 20.8 Å². The highest BCUT2D eigenvalue weighted by atomic mass is 16.5. The predicted octanol–water partition coefficient (Wildman–Crippen LogP) is 8.92. The number of carbonyl (C=O) groups excluding carboxylic acids is 2. The second kappa shape index (κ2) is 17.6. The number of nitrogens with zero attached hydrogens (tertiary/aromatic N) is 1. The summed E-state index contributed by atoms with van der Waals surface area (Å²) < 4.78 is 11.0. The van der Waals surface area contributed by atoms with Crippen LogP contribution in [0.25, 0.3) is 5.76 Å². The van der Waals surface area contributed by atoms with Crippen LogP contribution in [0.1, 0.15) is 120 Å². The lowest BCUT2D eigenvalue weighted by Gasteiger charge is -2.27. The van der Waals surface area contributed by atoms with E-state index in [0.717, 1.165) is 24.8 Å². The third kappa shape index (κ3) is 9.11. The number of unbranched alkanes of at least 4 members (excludes halogenated alkanes) is 13. The highest BCUT2D eigenvalue weighted by Crippen LogP contribution is 2.43. The topological polar surface area (TPSA) is 76.1 Å². The van der Waals surface area contributed by atoms with Crippen molar-refractivity contribution in [1.82, 2.24) is 4.90 Å². The summed E-state index contributed by atoms with van der Waals surface area (Å²) in [7, 11) is 3.13. The minimum Gasteiger partial charge on any atom is -0.507 e. The Morgan fingerprint density at radius 1 is 0.762 bits per heavy atom. The van der Waals surface area contributed by atoms with Gasteiger partial charge in [-0.3, -0.25) is 9.59 Å². The van der Waals surface area contributed by atoms with Crippen molar-refractivity contribution in [3.63, 3.8) is 0 Å². The van der Waals surface area contributed by atoms with Crippen LogP contribution in [0.2, 0.25) is 0 Å². The van der Waals surface area contributed by atoms with Gasteiger partial charge in [-0.25, -0.2) is 0 Å². The van der Waals surface area contributed by atoms with Crippen molar-refractivity contribution in [1.29, 1.82) is 0 Å². The number of methoxy groups -OCH3 is 2. The standard InChI is InChI=1S/C36H51NO5/c1-5-6-7-8-9-10-11-12-13-14-15-16-17-18-25-37-33(30-24-23-29(41-3)26-31(30)42-4)32(35(39)36(37)40)34(38)28-21-19-27(2)20-22-28/h19-24,26,33,38H,5-18,25H2,1-4H3/t33-/m1/s1. The van der Waals surface area contributed by atoms with Crippen molar-refractivity contribution in [3.8, 4) is 11.5 Å². The molecule has 1 saturated heterocycles. The number of hydrogen-bond acceptors (Lipinski definition) is 5. The number of ketones is 1. The Kier molecular flexibility index (Phi) is 13.9. The van der Waals surface area contributed by atoms with Gasteiger partial charge in [0.2, 0.25) is 0 Å². The van der Waals surface area contributed by atoms with Gasteiger partial charge in [-0.15, -0.1) is 0 Å². The summed E-state index contributed by atoms with van der Waals surface area (Å²) in [5.74, 6) is -0.303. The number of Topliss-reactive ketones (excluding diaryl/α,β-unsaturated/α-hetero) is 1. The zero-order valence-electron chi connectivity index (χ0n) is 26.3. The van der Waals surface area contributed by atoms with Crippen LogP contribution in [0.15, 0.2) is 48.0 Å². The van der Waals surface area contributed by atoms with Gasteiger partial charge >= 0.3 is 0 Å². The summed E-state index contributed by atoms with van der Waals surface area (Å²) in [6, 6.07) is 11.9. The van der Waals surface area contributed by atoms with Crippen molar-refractivity contribution in [2.45, 2.75) is 110 Å². The second-order valence-corrected chi connectivity index (χ2v) is 11.6. The monoisotopic (exact) mass is 577 g/mol. The number of hydrogen-bond donors (Lipinski definition) is 1. The Morgan fingerprint density at radius 2 is 1.31 bits per heavy atom. The van der Waals surface area contributed by atoms with Crippen LogP contribution < -0.4 is 9.47 Å². The van der Waals surface area contributed by atoms with E-state index in [2.05, 4.69) is 6.92 Å². The lowest BCUT2D eigenvalue weighted by Crippen LogP contribution is -2.31. The van der Waals surface area contributed by atoms with E-state index >= 15 is 0 Å². The quantitative estimate of drug-likeness (QED) is 0.0781. The number of carbonyl (C=O) groups is 2. The summed E-state index contributed by atoms with van der Waals surface area (Å²) in [5.41, 5.74) is 2.29. The summed E-state index contributed by atoms with van der Waals surface area (Å²) in [4.78, 5) is 28.3. The molecule has 6 heteroatoms. The molecule has 1 heterocycles. The summed E-state index contributed by atoms with van der Waals surface area (Å²) in [6.45, 7) is 4.66. The fourth-order valence-corrected chi connectivity index (χ4v) is 5.82. The van der Waals surface area contributed by atoms with Crippen LogP contribution in [0.3, 0.4) is 0 Å². The minimum absolute atomic E-state index is 0.0951. The van der Waals surface area contributed by atoms with Gasteiger partial charge < -0.3 is 19.5 Å². The molecule has 0 aliphatic carbocycles. The first-order chi connectivity index (χ1) is 20.4. The molecular weight excluding hydrogens is 526 g/mol. The van der Waals surface area contributed by atoms with Crippen LogP contribution in [0.4, 0.5) is 0 Å². The van der Waals surface area contributed by atoms with Crippen LogP contribution in [-0.4, -0.2) is 42.5 Å². The summed E-state index contributed by atoms with van der Waals surface area (Å²) in [5, 5.41) is 11.3. The fourth-order valence-electron chi connectivity index (χ4n) is 5.82. The smallest absolute Gasteiger partial charge is 0.295 e. The van der Waals surface area contributed by atoms with E-state index in [1.807, 2.05) is 25.1 Å². The molecule has 2 aromatic carbocycles. The van der Waals surface area contributed by atoms with E-state index in [9.17, 15) is 14.7 Å². The summed E-state index contributed by atoms with van der Waals surface area (Å²) >= 11 is 0. The van der Waals surface area contributed by atoms with Crippen molar-refractivity contribution in [2.24, 2.45) is 0 Å². The summed E-state index contributed by atoms with van der Waals surface area (Å²) in [6.07, 6.45) is 17.5. The first-order valence-electron chi connectivity index (χ1n) is 16.0. The van der Waals surface area contributed by atoms with Gasteiger partial charge in [0.15, 0.2) is 0 Å². The maximum atomic E-state index is 13.4. The average Bonchev–Trinajstić information content (AvgIpc) is 3.25. The molecule has 0 unspecified atom stereocenters. The first-order valence-corrected chi connectivity index (χ1v) is 16.0. The Labute approximate surface area is 253 Å². The normalized spacial score (nSPS) is 16.3. The van der Waals surface area contributed by atoms with Crippen LogP contribution in [-0.2, 0) is 9.59 Å². The van der Waals surface area contributed by atoms with Crippen molar-refractivity contribution in [3.05, 3.63) is 64.7 Å². The fraction of sp³-hybridized carbons (Fsp3) is 0.556. The third-order valence-electron chi connectivity index (χ3n) is 8.35. The maximum absolute atomic E-state index is 13.4. The molecule has 0 bridgehead atoms. The van der Waals surface area contributed by atoms with Crippen molar-refractivity contribution < 1.29 is 24.2 Å². The van der Waals surface area contributed by atoms with Gasteiger partial charge in [0, 0.05) is 23.7 Å². The van der Waals surface area contributed by atoms with E-state index in [1.165, 1.54) is 70.6 Å². The number of aryl methyl sites for hydroxylation is 1. The maximum Gasteiger partial charge on any atom is 0.295 e. The molecule has 2 aromatic rings. The molecule has 42 heavy (non-hydrogen) atoms. The number of benzene rings is 2. The first kappa shape index (κ1) is 33.2. The van der Waals surface area contributed by atoms with E-state index in [-0.39, 0.29) is 11.3 Å². The SMILES string of the molecule is CCCCCCCCCCCCCCCCN1C(=O)C(=O)C(=C(O)c2ccc(C)cc2)[C@H]1c1ccc(OC)cc1OC. The van der Waals surface area contributed by atoms with Gasteiger partial charge in [-0.05, 0) is 25.5 Å². The Bertz CT molecular complexity index is 1170. The van der Waals surface area contributed by atoms with Gasteiger partial charge in [0.1, 0.15) is 17.3 Å². The van der Waals surface area contributed by atoms with E-state index in [0.29, 0.717) is 29.2 Å². The van der Waals surface area contributed by atoms with Crippen LogP contribution in [0, 0.1) is 6.92 Å². The van der Waals surface area contributed by atoms with Crippen LogP contribution >= 0.6 is 0 Å². The Hall–Kier alpha value is -3.28. The third-order valence-corrected chi connectivity index (χ3v) is 8.35. The zero-order valence-corrected chi connectivity index (χ0v) is 26.3. The van der Waals surface area contributed by atoms with Gasteiger partial charge in [-0.2, -0.15) is 0 Å². The van der Waals surface area contributed by atoms with E-state index in [1.54, 1.807) is 43.4 Å². The minimum atomic E-state index is -0.742. The van der Waals surface area contributed by atoms with Crippen LogP contribution in [0.5, 0.6) is 11.5 Å². The van der Waals surface area contributed by atoms with Crippen molar-refractivity contribution >= 4 is 17.4 Å². The molecular formula is C36H51NO5. The molecule has 0 radical (unpaired) electrons. The van der Waals surface area contributed by atoms with Gasteiger partial charge in [0.25, 0.3) is 11.7 Å². The molecule has 1 N–H and O–H groups in total. The number of likely N-dealkylation sites (tertiary alicyclic amines) is 1. The molecule has 230 valence electrons. The lowest BCUT2D eigenvalue weighted by molar-refractivity contribution is -0.139. The highest BCUT2D eigenvalue weighted by Gasteiger charge is 2.46. The van der Waals surface area contributed by atoms with Gasteiger partial charge in [0.05, 0.1) is 25.8 Å². The van der Waals surface area contributed by atoms with E-state index < -0.39 is 17.7 Å². The molecule has 1 fully saturated rings. The zero-order chi connectivity index (χ0) is 30.3. The number of aliphatic hydroxyl groups is 1. The number of amides is 1. The molecule has 6 nitrogen and oxygen atoms in total. The second-order valence-electron chi connectivity index (χ2n) is 11.6. The van der Waals surface area contributed by atoms with Gasteiger partial charge in [-0.1, -0.05) is 120 Å². The molecule has 1 amide bonds. The largest absolute Gasteiger partial charge is 0.507 e. The predicted molar refractivity (Wildman–Crippen MR) is 170 cm³/mol. The molecule has 0 saturated carbocycles. The molecule has 1 aliphatic heterocycles. The van der Waals surface area contributed by atoms with E-state index in [4.69, 9.17) is 9.47 Å². The number of rotatable bonds is 19. The molecule has 0 aromatic heterocycles. The molecule has 1 atom stereocenters. The Balaban J connectivity index is 1.63. The lowest BCUT2D eigenvalue weighted by atomic mass is 9.94. The number of aliphatic hydroxyl groups excluding tert-OH is 1. The Morgan fingerprint density at radius 3 is 1.83 bits per heavy atom. The number of ether oxygens (including phenoxy) is 2. The molecule has 3 rings (SSSR count). The molecule has 1 aliphatic rings. The molecule has 0 spiro atoms. The average molecular weight is 578 g/mol.